The highest BCUT2D eigenvalue weighted by Gasteiger charge is 2.64. The lowest BCUT2D eigenvalue weighted by Crippen LogP contribution is -2.51. The Hall–Kier alpha value is -4.08. The number of pyridine rings is 1. The first kappa shape index (κ1) is 25.2. The summed E-state index contributed by atoms with van der Waals surface area (Å²) in [6, 6.07) is 13.4. The van der Waals surface area contributed by atoms with Crippen LogP contribution in [0.4, 0.5) is 11.4 Å². The molecule has 0 saturated carbocycles. The number of fused-ring (bicyclic) bond motifs is 4. The molecule has 0 aliphatic carbocycles. The number of nitrogens with one attached hydrogen (secondary N) is 1. The molecule has 2 amide bonds. The van der Waals surface area contributed by atoms with Crippen LogP contribution in [0.1, 0.15) is 41.6 Å². The number of nitrogens with zero attached hydrogens (tertiary/aromatic N) is 4. The molecule has 1 atom stereocenters. The first-order chi connectivity index (χ1) is 18.7. The largest absolute Gasteiger partial charge is 0.496 e. The van der Waals surface area contributed by atoms with Gasteiger partial charge in [-0.2, -0.15) is 0 Å². The van der Waals surface area contributed by atoms with Gasteiger partial charge in [-0.05, 0) is 44.2 Å². The fraction of sp³-hybridized carbons (Fsp3) is 0.214. The second-order valence-corrected chi connectivity index (χ2v) is 10.4. The number of carbonyl (C=O) groups excluding carboxylic acids is 2. The van der Waals surface area contributed by atoms with Crippen LogP contribution in [0.3, 0.4) is 0 Å². The predicted octanol–water partition coefficient (Wildman–Crippen LogP) is 5.71. The molecule has 1 N–H and O–H groups in total. The second-order valence-electron chi connectivity index (χ2n) is 9.50. The van der Waals surface area contributed by atoms with Gasteiger partial charge in [-0.3, -0.25) is 14.5 Å². The van der Waals surface area contributed by atoms with E-state index in [4.69, 9.17) is 37.7 Å². The standard InChI is InChI=1S/C28H23Cl2N5O4/c1-14(2)34-24-23(33-25(34)18-13-31-22(39-4)12-21(18)38-3)26(36)35(17-7-5-6-15(29)10-17)28(24)19-9-8-16(30)11-20(19)32-27(28)37/h5-14H,1-4H3,(H,32,37)/t28-/m1/s1. The van der Waals surface area contributed by atoms with Gasteiger partial charge in [0, 0.05) is 45.3 Å². The Labute approximate surface area is 234 Å². The Kier molecular flexibility index (Phi) is 5.82. The maximum Gasteiger partial charge on any atom is 0.280 e. The van der Waals surface area contributed by atoms with Crippen LogP contribution >= 0.6 is 23.2 Å². The monoisotopic (exact) mass is 563 g/mol. The normalized spacial score (nSPS) is 17.6. The summed E-state index contributed by atoms with van der Waals surface area (Å²) in [7, 11) is 3.05. The number of carbonyl (C=O) groups is 2. The van der Waals surface area contributed by atoms with Crippen LogP contribution in [0.2, 0.25) is 10.0 Å². The molecule has 0 unspecified atom stereocenters. The van der Waals surface area contributed by atoms with Crippen molar-refractivity contribution in [3.05, 3.63) is 81.7 Å². The van der Waals surface area contributed by atoms with E-state index in [0.717, 1.165) is 0 Å². The smallest absolute Gasteiger partial charge is 0.280 e. The lowest BCUT2D eigenvalue weighted by Gasteiger charge is -2.35. The summed E-state index contributed by atoms with van der Waals surface area (Å²) in [5.74, 6) is 0.428. The molecule has 0 saturated heterocycles. The predicted molar refractivity (Wildman–Crippen MR) is 148 cm³/mol. The summed E-state index contributed by atoms with van der Waals surface area (Å²) in [5.41, 5.74) is 1.12. The minimum absolute atomic E-state index is 0.148. The van der Waals surface area contributed by atoms with E-state index < -0.39 is 17.4 Å². The molecule has 0 fully saturated rings. The third kappa shape index (κ3) is 3.46. The van der Waals surface area contributed by atoms with Crippen molar-refractivity contribution in [2.45, 2.75) is 25.4 Å². The topological polar surface area (TPSA) is 98.6 Å². The number of anilines is 2. The number of halogens is 2. The maximum absolute atomic E-state index is 14.3. The average molecular weight is 564 g/mol. The van der Waals surface area contributed by atoms with Crippen LogP contribution < -0.4 is 19.7 Å². The molecule has 198 valence electrons. The summed E-state index contributed by atoms with van der Waals surface area (Å²) < 4.78 is 12.8. The van der Waals surface area contributed by atoms with Crippen molar-refractivity contribution in [3.8, 4) is 23.0 Å². The quantitative estimate of drug-likeness (QED) is 0.334. The summed E-state index contributed by atoms with van der Waals surface area (Å²) >= 11 is 12.6. The van der Waals surface area contributed by atoms with Gasteiger partial charge in [-0.1, -0.05) is 35.3 Å². The van der Waals surface area contributed by atoms with E-state index in [1.54, 1.807) is 54.7 Å². The van der Waals surface area contributed by atoms with Crippen molar-refractivity contribution in [1.29, 1.82) is 0 Å². The van der Waals surface area contributed by atoms with Gasteiger partial charge in [-0.15, -0.1) is 0 Å². The Bertz CT molecular complexity index is 1680. The molecule has 4 aromatic rings. The molecule has 6 rings (SSSR count). The minimum Gasteiger partial charge on any atom is -0.496 e. The summed E-state index contributed by atoms with van der Waals surface area (Å²) in [4.78, 5) is 39.2. The third-order valence-corrected chi connectivity index (χ3v) is 7.51. The van der Waals surface area contributed by atoms with E-state index >= 15 is 0 Å². The fourth-order valence-electron chi connectivity index (χ4n) is 5.51. The zero-order valence-corrected chi connectivity index (χ0v) is 23.0. The van der Waals surface area contributed by atoms with E-state index in [9.17, 15) is 9.59 Å². The van der Waals surface area contributed by atoms with Crippen LogP contribution in [-0.4, -0.2) is 40.6 Å². The third-order valence-electron chi connectivity index (χ3n) is 7.04. The number of hydrogen-bond acceptors (Lipinski definition) is 6. The Morgan fingerprint density at radius 3 is 2.46 bits per heavy atom. The summed E-state index contributed by atoms with van der Waals surface area (Å²) in [6.45, 7) is 3.93. The molecular formula is C28H23Cl2N5O4. The number of methoxy groups -OCH3 is 2. The molecule has 2 aromatic carbocycles. The molecule has 4 heterocycles. The molecular weight excluding hydrogens is 541 g/mol. The first-order valence-corrected chi connectivity index (χ1v) is 12.9. The molecule has 0 radical (unpaired) electrons. The molecule has 1 spiro atoms. The number of imidazole rings is 1. The SMILES string of the molecule is COc1cc(OC)c(-c2nc3c(n2C(C)C)[C@]2(C(=O)Nc4cc(Cl)ccc42)N(c2cccc(Cl)c2)C3=O)cn1. The molecule has 2 aliphatic rings. The Morgan fingerprint density at radius 2 is 1.77 bits per heavy atom. The highest BCUT2D eigenvalue weighted by Crippen LogP contribution is 2.54. The van der Waals surface area contributed by atoms with Gasteiger partial charge in [0.1, 0.15) is 11.6 Å². The van der Waals surface area contributed by atoms with Gasteiger partial charge in [0.2, 0.25) is 5.88 Å². The number of aromatic nitrogens is 3. The fourth-order valence-corrected chi connectivity index (χ4v) is 5.86. The maximum atomic E-state index is 14.3. The highest BCUT2D eigenvalue weighted by atomic mass is 35.5. The van der Waals surface area contributed by atoms with Crippen LogP contribution in [-0.2, 0) is 10.3 Å². The zero-order valence-electron chi connectivity index (χ0n) is 21.5. The van der Waals surface area contributed by atoms with Crippen LogP contribution in [0.15, 0.2) is 54.7 Å². The van der Waals surface area contributed by atoms with Gasteiger partial charge in [-0.25, -0.2) is 9.97 Å². The minimum atomic E-state index is -1.57. The zero-order chi connectivity index (χ0) is 27.6. The molecule has 11 heteroatoms. The molecule has 0 bridgehead atoms. The molecule has 39 heavy (non-hydrogen) atoms. The van der Waals surface area contributed by atoms with Gasteiger partial charge in [0.15, 0.2) is 11.2 Å². The van der Waals surface area contributed by atoms with Gasteiger partial charge >= 0.3 is 0 Å². The van der Waals surface area contributed by atoms with Crippen molar-refractivity contribution in [2.75, 3.05) is 24.4 Å². The van der Waals surface area contributed by atoms with Crippen molar-refractivity contribution < 1.29 is 19.1 Å². The Morgan fingerprint density at radius 1 is 1.00 bits per heavy atom. The second kappa shape index (κ2) is 9.00. The van der Waals surface area contributed by atoms with E-state index in [1.807, 2.05) is 18.4 Å². The lowest BCUT2D eigenvalue weighted by atomic mass is 9.87. The number of benzene rings is 2. The van der Waals surface area contributed by atoms with Crippen molar-refractivity contribution in [3.63, 3.8) is 0 Å². The first-order valence-electron chi connectivity index (χ1n) is 12.1. The summed E-state index contributed by atoms with van der Waals surface area (Å²) in [5, 5.41) is 3.84. The average Bonchev–Trinajstić information content (AvgIpc) is 3.52. The van der Waals surface area contributed by atoms with Crippen LogP contribution in [0.5, 0.6) is 11.6 Å². The summed E-state index contributed by atoms with van der Waals surface area (Å²) in [6.07, 6.45) is 1.59. The number of amides is 2. The van der Waals surface area contributed by atoms with Gasteiger partial charge in [0.25, 0.3) is 11.8 Å². The van der Waals surface area contributed by atoms with Crippen molar-refractivity contribution in [2.24, 2.45) is 0 Å². The van der Waals surface area contributed by atoms with Crippen molar-refractivity contribution in [1.82, 2.24) is 14.5 Å². The van der Waals surface area contributed by atoms with E-state index in [1.165, 1.54) is 19.1 Å². The lowest BCUT2D eigenvalue weighted by molar-refractivity contribution is -0.119. The Balaban J connectivity index is 1.71. The number of rotatable bonds is 5. The van der Waals surface area contributed by atoms with Crippen LogP contribution in [0.25, 0.3) is 11.4 Å². The highest BCUT2D eigenvalue weighted by molar-refractivity contribution is 6.32. The number of ether oxygens (including phenoxy) is 2. The molecule has 2 aliphatic heterocycles. The molecule has 9 nitrogen and oxygen atoms in total. The van der Waals surface area contributed by atoms with Crippen molar-refractivity contribution >= 4 is 46.4 Å². The van der Waals surface area contributed by atoms with Crippen LogP contribution in [0, 0.1) is 0 Å². The van der Waals surface area contributed by atoms with E-state index in [2.05, 4.69) is 10.3 Å². The van der Waals surface area contributed by atoms with Gasteiger partial charge < -0.3 is 19.4 Å². The van der Waals surface area contributed by atoms with E-state index in [0.29, 0.717) is 55.7 Å². The van der Waals surface area contributed by atoms with E-state index in [-0.39, 0.29) is 11.7 Å². The number of hydrogen-bond donors (Lipinski definition) is 1. The molecule has 2 aromatic heterocycles. The van der Waals surface area contributed by atoms with Gasteiger partial charge in [0.05, 0.1) is 25.5 Å².